The molecule has 6 heteroatoms. The Morgan fingerprint density at radius 1 is 1.17 bits per heavy atom. The highest BCUT2D eigenvalue weighted by molar-refractivity contribution is 14.1. The van der Waals surface area contributed by atoms with E-state index in [4.69, 9.17) is 15.6 Å². The van der Waals surface area contributed by atoms with Crippen LogP contribution in [0.3, 0.4) is 0 Å². The van der Waals surface area contributed by atoms with E-state index < -0.39 is 0 Å². The number of alkyl halides is 1. The van der Waals surface area contributed by atoms with Crippen LogP contribution in [0.4, 0.5) is 0 Å². The summed E-state index contributed by atoms with van der Waals surface area (Å²) in [4.78, 5) is 7.17. The lowest BCUT2D eigenvalue weighted by molar-refractivity contribution is 0.405. The van der Waals surface area contributed by atoms with E-state index in [2.05, 4.69) is 34.2 Å². The molecule has 160 valence electrons. The van der Waals surface area contributed by atoms with Gasteiger partial charge in [0.25, 0.3) is 0 Å². The molecule has 0 radical (unpaired) electrons. The zero-order valence-corrected chi connectivity index (χ0v) is 21.2. The van der Waals surface area contributed by atoms with Crippen molar-refractivity contribution in [1.82, 2.24) is 4.98 Å². The molecule has 0 aromatic carbocycles. The number of pyridine rings is 1. The Labute approximate surface area is 198 Å². The number of rotatable bonds is 7. The van der Waals surface area contributed by atoms with E-state index in [0.29, 0.717) is 22.6 Å². The van der Waals surface area contributed by atoms with Crippen LogP contribution in [0.2, 0.25) is 0 Å². The van der Waals surface area contributed by atoms with Crippen molar-refractivity contribution < 1.29 is 4.74 Å². The van der Waals surface area contributed by atoms with Crippen molar-refractivity contribution in [2.45, 2.75) is 20.8 Å². The van der Waals surface area contributed by atoms with Gasteiger partial charge >= 0.3 is 0 Å². The second-order valence-electron chi connectivity index (χ2n) is 5.19. The summed E-state index contributed by atoms with van der Waals surface area (Å²) in [5.41, 5.74) is 2.78. The number of methoxy groups -OCH3 is 1. The van der Waals surface area contributed by atoms with Gasteiger partial charge < -0.3 is 4.74 Å². The minimum absolute atomic E-state index is 0.0358. The zero-order chi connectivity index (χ0) is 22.9. The van der Waals surface area contributed by atoms with Crippen LogP contribution in [0.15, 0.2) is 83.9 Å². The number of nitrogens with one attached hydrogen (secondary N) is 2. The predicted molar refractivity (Wildman–Crippen MR) is 141 cm³/mol. The van der Waals surface area contributed by atoms with Crippen LogP contribution in [0, 0.1) is 10.8 Å². The third kappa shape index (κ3) is 7.84. The Bertz CT molecular complexity index is 882. The summed E-state index contributed by atoms with van der Waals surface area (Å²) in [7, 11) is 1.45. The minimum Gasteiger partial charge on any atom is -0.481 e. The molecule has 2 aromatic rings. The fourth-order valence-corrected chi connectivity index (χ4v) is 3.10. The van der Waals surface area contributed by atoms with E-state index in [1.165, 1.54) is 18.4 Å². The third-order valence-corrected chi connectivity index (χ3v) is 4.52. The van der Waals surface area contributed by atoms with Crippen molar-refractivity contribution in [3.8, 4) is 0 Å². The van der Waals surface area contributed by atoms with Gasteiger partial charge in [-0.2, -0.15) is 0 Å². The molecule has 2 rings (SSSR count). The average molecular weight is 535 g/mol. The number of hydrogen-bond donors (Lipinski definition) is 2. The second-order valence-corrected chi connectivity index (χ2v) is 6.14. The SMILES string of the molecule is C=C\C=C/C(=C\C)C(/C(=N)c1cccs1)=C(/C(=N)OC)c1ccccn1.CC.CI. The second kappa shape index (κ2) is 16.5. The average Bonchev–Trinajstić information content (AvgIpc) is 3.36. The summed E-state index contributed by atoms with van der Waals surface area (Å²) in [6.45, 7) is 9.61. The predicted octanol–water partition coefficient (Wildman–Crippen LogP) is 7.35. The van der Waals surface area contributed by atoms with Crippen LogP contribution in [0.5, 0.6) is 0 Å². The van der Waals surface area contributed by atoms with Gasteiger partial charge in [-0.25, -0.2) is 0 Å². The van der Waals surface area contributed by atoms with E-state index >= 15 is 0 Å². The molecule has 0 atom stereocenters. The Balaban J connectivity index is 0.00000198. The van der Waals surface area contributed by atoms with Crippen LogP contribution in [-0.2, 0) is 4.74 Å². The number of halogens is 1. The molecular formula is C24H30IN3OS. The van der Waals surface area contributed by atoms with Gasteiger partial charge in [0.05, 0.1) is 29.0 Å². The highest BCUT2D eigenvalue weighted by Gasteiger charge is 2.23. The molecule has 0 saturated carbocycles. The molecule has 2 N–H and O–H groups in total. The summed E-state index contributed by atoms with van der Waals surface area (Å²) in [6.07, 6.45) is 8.93. The molecule has 30 heavy (non-hydrogen) atoms. The molecule has 0 aliphatic rings. The summed E-state index contributed by atoms with van der Waals surface area (Å²) in [5, 5.41) is 19.1. The van der Waals surface area contributed by atoms with E-state index in [9.17, 15) is 0 Å². The molecule has 4 nitrogen and oxygen atoms in total. The summed E-state index contributed by atoms with van der Waals surface area (Å²) in [5.74, 6) is -0.0358. The largest absolute Gasteiger partial charge is 0.481 e. The number of hydrogen-bond acceptors (Lipinski definition) is 5. The van der Waals surface area contributed by atoms with Gasteiger partial charge in [-0.3, -0.25) is 15.8 Å². The van der Waals surface area contributed by atoms with Gasteiger partial charge in [-0.05, 0) is 41.0 Å². The Morgan fingerprint density at radius 2 is 1.87 bits per heavy atom. The first-order valence-electron chi connectivity index (χ1n) is 9.39. The highest BCUT2D eigenvalue weighted by Crippen LogP contribution is 2.29. The lowest BCUT2D eigenvalue weighted by Crippen LogP contribution is -2.14. The molecule has 0 bridgehead atoms. The molecule has 2 aromatic heterocycles. The maximum atomic E-state index is 8.79. The van der Waals surface area contributed by atoms with Crippen molar-refractivity contribution in [3.05, 3.63) is 94.5 Å². The van der Waals surface area contributed by atoms with Gasteiger partial charge in [-0.15, -0.1) is 11.3 Å². The van der Waals surface area contributed by atoms with Crippen molar-refractivity contribution >= 4 is 51.1 Å². The first kappa shape index (κ1) is 27.7. The monoisotopic (exact) mass is 535 g/mol. The van der Waals surface area contributed by atoms with Crippen LogP contribution in [-0.4, -0.2) is 28.6 Å². The molecule has 2 heterocycles. The van der Waals surface area contributed by atoms with Gasteiger partial charge in [0.2, 0.25) is 5.90 Å². The van der Waals surface area contributed by atoms with Gasteiger partial charge in [0, 0.05) is 11.8 Å². The van der Waals surface area contributed by atoms with E-state index in [-0.39, 0.29) is 5.90 Å². The topological polar surface area (TPSA) is 69.8 Å². The maximum absolute atomic E-state index is 8.79. The highest BCUT2D eigenvalue weighted by atomic mass is 127. The first-order chi connectivity index (χ1) is 14.6. The summed E-state index contributed by atoms with van der Waals surface area (Å²) >= 11 is 3.63. The smallest absolute Gasteiger partial charge is 0.215 e. The lowest BCUT2D eigenvalue weighted by Gasteiger charge is -2.17. The van der Waals surface area contributed by atoms with E-state index in [1.54, 1.807) is 12.3 Å². The lowest BCUT2D eigenvalue weighted by atomic mass is 9.91. The number of aromatic nitrogens is 1. The number of nitrogens with zero attached hydrogens (tertiary/aromatic N) is 1. The molecule has 0 aliphatic heterocycles. The maximum Gasteiger partial charge on any atom is 0.215 e. The third-order valence-electron chi connectivity index (χ3n) is 3.63. The van der Waals surface area contributed by atoms with Gasteiger partial charge in [0.1, 0.15) is 0 Å². The first-order valence-corrected chi connectivity index (χ1v) is 12.4. The van der Waals surface area contributed by atoms with Crippen LogP contribution >= 0.6 is 33.9 Å². The summed E-state index contributed by atoms with van der Waals surface area (Å²) in [6, 6.07) is 9.28. The fourth-order valence-electron chi connectivity index (χ4n) is 2.42. The fraction of sp³-hybridized carbons (Fsp3) is 0.208. The van der Waals surface area contributed by atoms with Crippen LogP contribution < -0.4 is 0 Å². The zero-order valence-electron chi connectivity index (χ0n) is 18.2. The van der Waals surface area contributed by atoms with Crippen molar-refractivity contribution in [3.63, 3.8) is 0 Å². The molecule has 0 saturated heterocycles. The van der Waals surface area contributed by atoms with Gasteiger partial charge in [0.15, 0.2) is 0 Å². The Hall–Kier alpha value is -2.32. The normalized spacial score (nSPS) is 11.3. The Kier molecular flexibility index (Phi) is 15.2. The molecule has 0 aliphatic carbocycles. The quantitative estimate of drug-likeness (QED) is 0.128. The molecule has 0 spiro atoms. The van der Waals surface area contributed by atoms with E-state index in [0.717, 1.165) is 10.5 Å². The number of thiophene rings is 1. The number of ether oxygens (including phenoxy) is 1. The van der Waals surface area contributed by atoms with Crippen molar-refractivity contribution in [2.75, 3.05) is 12.0 Å². The minimum atomic E-state index is -0.0358. The molecule has 0 fully saturated rings. The summed E-state index contributed by atoms with van der Waals surface area (Å²) < 4.78 is 5.24. The molecular weight excluding hydrogens is 505 g/mol. The van der Waals surface area contributed by atoms with Gasteiger partial charge in [-0.1, -0.05) is 79.5 Å². The molecule has 0 amide bonds. The molecule has 0 unspecified atom stereocenters. The standard InChI is InChI=1S/C21H21N3OS.C2H6.CH3I/c1-4-6-10-15(5-2)18(20(22)17-12-9-14-26-17)19(21(23)25-3)16-11-7-8-13-24-16;2*1-2/h4-14,22-23H,1H2,2-3H3;1-2H3;1H3/b10-6-,15-5+,19-18-,22-20?,23-21?;;. The van der Waals surface area contributed by atoms with Crippen molar-refractivity contribution in [1.29, 1.82) is 10.8 Å². The van der Waals surface area contributed by atoms with E-state index in [1.807, 2.05) is 79.6 Å². The van der Waals surface area contributed by atoms with Crippen molar-refractivity contribution in [2.24, 2.45) is 0 Å². The number of allylic oxidation sites excluding steroid dienone is 6. The van der Waals surface area contributed by atoms with Crippen LogP contribution in [0.1, 0.15) is 31.3 Å². The Morgan fingerprint density at radius 3 is 2.33 bits per heavy atom. The van der Waals surface area contributed by atoms with Crippen LogP contribution in [0.25, 0.3) is 5.57 Å².